The summed E-state index contributed by atoms with van der Waals surface area (Å²) in [4.78, 5) is 18.3. The van der Waals surface area contributed by atoms with E-state index in [0.717, 1.165) is 66.4 Å². The van der Waals surface area contributed by atoms with Gasteiger partial charge in [0.15, 0.2) is 0 Å². The Morgan fingerprint density at radius 3 is 0.593 bits per heavy atom. The third kappa shape index (κ3) is 13.5. The van der Waals surface area contributed by atoms with Gasteiger partial charge < -0.3 is 0 Å². The van der Waals surface area contributed by atoms with Crippen molar-refractivity contribution in [3.8, 4) is 0 Å². The van der Waals surface area contributed by atoms with E-state index in [0.29, 0.717) is 0 Å². The summed E-state index contributed by atoms with van der Waals surface area (Å²) in [5.74, 6) is 0. The van der Waals surface area contributed by atoms with Gasteiger partial charge in [0.25, 0.3) is 0 Å². The van der Waals surface area contributed by atoms with Gasteiger partial charge in [0, 0.05) is 44.3 Å². The second kappa shape index (κ2) is 23.2. The number of hydrogen-bond acceptors (Lipinski definition) is 4. The van der Waals surface area contributed by atoms with Gasteiger partial charge in [-0.3, -0.25) is 19.9 Å². The van der Waals surface area contributed by atoms with E-state index in [1.807, 2.05) is 173 Å². The van der Waals surface area contributed by atoms with Crippen molar-refractivity contribution < 1.29 is 34.1 Å². The van der Waals surface area contributed by atoms with Crippen molar-refractivity contribution in [2.45, 2.75) is 27.7 Å². The Bertz CT molecular complexity index is 2030. The third-order valence-electron chi connectivity index (χ3n) is 7.82. The second-order valence-electron chi connectivity index (χ2n) is 12.1. The Morgan fingerprint density at radius 2 is 0.444 bits per heavy atom. The third-order valence-corrected chi connectivity index (χ3v) is 7.82. The van der Waals surface area contributed by atoms with Crippen molar-refractivity contribution >= 4 is 43.6 Å². The summed E-state index contributed by atoms with van der Waals surface area (Å²) >= 11 is 0. The molecule has 54 heavy (non-hydrogen) atoms. The average molecular weight is 787 g/mol. The number of benzene rings is 2. The van der Waals surface area contributed by atoms with Crippen molar-refractivity contribution in [1.82, 2.24) is 19.9 Å². The maximum atomic E-state index is 4.58. The average Bonchev–Trinajstić information content (AvgIpc) is 4.03. The van der Waals surface area contributed by atoms with Gasteiger partial charge in [-0.25, -0.2) is 48.5 Å². The van der Waals surface area contributed by atoms with Gasteiger partial charge in [-0.05, 0) is 52.0 Å². The Hall–Kier alpha value is -5.48. The van der Waals surface area contributed by atoms with Crippen LogP contribution in [0.25, 0.3) is 43.6 Å². The maximum Gasteiger partial charge on any atom is 2.00 e. The fourth-order valence-corrected chi connectivity index (χ4v) is 5.21. The molecule has 6 heteroatoms. The summed E-state index contributed by atoms with van der Waals surface area (Å²) in [6, 6.07) is 64.9. The molecule has 2 radical (unpaired) electrons. The van der Waals surface area contributed by atoms with Gasteiger partial charge >= 0.3 is 34.1 Å². The first-order valence-corrected chi connectivity index (χ1v) is 17.4. The van der Waals surface area contributed by atoms with E-state index >= 15 is 0 Å². The minimum atomic E-state index is 0. The molecule has 0 saturated heterocycles. The molecule has 0 bridgehead atoms. The molecule has 10 aromatic rings. The van der Waals surface area contributed by atoms with Gasteiger partial charge in [0.1, 0.15) is 0 Å². The Balaban J connectivity index is 0.000000190. The molecule has 0 aliphatic rings. The van der Waals surface area contributed by atoms with E-state index in [4.69, 9.17) is 0 Å². The molecule has 0 N–H and O–H groups in total. The van der Waals surface area contributed by atoms with Gasteiger partial charge in [-0.2, -0.15) is 72.8 Å². The van der Waals surface area contributed by atoms with Crippen LogP contribution in [0.1, 0.15) is 22.8 Å². The Labute approximate surface area is 340 Å². The fraction of sp³-hybridized carbons (Fsp3) is 0.0833. The molecule has 270 valence electrons. The maximum absolute atomic E-state index is 4.58. The summed E-state index contributed by atoms with van der Waals surface area (Å²) in [6.45, 7) is 8.03. The van der Waals surface area contributed by atoms with E-state index in [9.17, 15) is 0 Å². The quantitative estimate of drug-likeness (QED) is 0.0873. The molecule has 4 aromatic heterocycles. The van der Waals surface area contributed by atoms with Crippen LogP contribution < -0.4 is 0 Å². The molecule has 10 rings (SSSR count). The van der Waals surface area contributed by atoms with Crippen LogP contribution >= 0.6 is 0 Å². The predicted molar refractivity (Wildman–Crippen MR) is 221 cm³/mol. The van der Waals surface area contributed by atoms with Crippen LogP contribution in [-0.4, -0.2) is 19.9 Å². The molecule has 6 aromatic carbocycles. The summed E-state index contributed by atoms with van der Waals surface area (Å²) < 4.78 is 0. The molecule has 0 amide bonds. The fourth-order valence-electron chi connectivity index (χ4n) is 5.21. The number of aryl methyl sites for hydroxylation is 4. The minimum absolute atomic E-state index is 0. The molecule has 0 aliphatic heterocycles. The number of nitrogens with zero attached hydrogens (tertiary/aromatic N) is 4. The van der Waals surface area contributed by atoms with E-state index < -0.39 is 0 Å². The second-order valence-corrected chi connectivity index (χ2v) is 12.1. The summed E-state index contributed by atoms with van der Waals surface area (Å²) in [5, 5.41) is 4.60. The molecule has 0 fully saturated rings. The van der Waals surface area contributed by atoms with E-state index in [1.54, 1.807) is 0 Å². The van der Waals surface area contributed by atoms with Crippen molar-refractivity contribution in [3.05, 3.63) is 217 Å². The molecule has 0 atom stereocenters. The molecule has 4 nitrogen and oxygen atoms in total. The van der Waals surface area contributed by atoms with Crippen molar-refractivity contribution in [2.75, 3.05) is 0 Å². The normalized spacial score (nSPS) is 9.56. The monoisotopic (exact) mass is 786 g/mol. The van der Waals surface area contributed by atoms with Crippen LogP contribution in [0.4, 0.5) is 0 Å². The zero-order valence-corrected chi connectivity index (χ0v) is 33.4. The van der Waals surface area contributed by atoms with E-state index in [-0.39, 0.29) is 34.1 Å². The van der Waals surface area contributed by atoms with Crippen molar-refractivity contribution in [2.24, 2.45) is 0 Å². The van der Waals surface area contributed by atoms with Crippen LogP contribution in [0.3, 0.4) is 0 Å². The Kier molecular flexibility index (Phi) is 18.5. The predicted octanol–water partition coefficient (Wildman–Crippen LogP) is 12.4. The van der Waals surface area contributed by atoms with Crippen LogP contribution in [-0.2, 0) is 34.1 Å². The first-order chi connectivity index (χ1) is 25.5. The summed E-state index contributed by atoms with van der Waals surface area (Å²) in [7, 11) is 0. The zero-order valence-electron chi connectivity index (χ0n) is 31.0. The summed E-state index contributed by atoms with van der Waals surface area (Å²) in [5.41, 5.74) is 8.13. The van der Waals surface area contributed by atoms with Crippen LogP contribution in [0, 0.1) is 27.7 Å². The van der Waals surface area contributed by atoms with Crippen molar-refractivity contribution in [3.63, 3.8) is 0 Å². The first kappa shape index (κ1) is 42.9. The van der Waals surface area contributed by atoms with Gasteiger partial charge in [-0.15, -0.1) is 0 Å². The van der Waals surface area contributed by atoms with Crippen LogP contribution in [0.15, 0.2) is 194 Å². The number of pyridine rings is 4. The minimum Gasteiger partial charge on any atom is -0.251 e. The van der Waals surface area contributed by atoms with Gasteiger partial charge in [0.2, 0.25) is 0 Å². The molecule has 0 unspecified atom stereocenters. The first-order valence-electron chi connectivity index (χ1n) is 17.4. The Morgan fingerprint density at radius 1 is 0.278 bits per heavy atom. The number of rotatable bonds is 0. The van der Waals surface area contributed by atoms with Gasteiger partial charge in [0.05, 0.1) is 22.1 Å². The number of hydrogen-bond donors (Lipinski definition) is 0. The van der Waals surface area contributed by atoms with E-state index in [1.165, 1.54) is 0 Å². The SMILES string of the molecule is Cc1ccc2ccc3ccc(C)nc3c2n1.Cc1ccc2ccc3ccc(C)nc3c2n1.[Mn+2].[Mn+2].c1cc[cH-]c1.c1cc[cH-]c1.c1cc[cH-]c1.c1cc[cH-]c1. The molecule has 0 spiro atoms. The van der Waals surface area contributed by atoms with E-state index in [2.05, 4.69) is 68.5 Å². The molecular weight excluding hydrogens is 742 g/mol. The van der Waals surface area contributed by atoms with Crippen LogP contribution in [0.2, 0.25) is 0 Å². The summed E-state index contributed by atoms with van der Waals surface area (Å²) in [6.07, 6.45) is 0. The topological polar surface area (TPSA) is 51.6 Å². The smallest absolute Gasteiger partial charge is 0.251 e. The molecule has 0 saturated carbocycles. The number of fused-ring (bicyclic) bond motifs is 6. The van der Waals surface area contributed by atoms with Gasteiger partial charge in [-0.1, -0.05) is 48.5 Å². The largest absolute Gasteiger partial charge is 2.00 e. The molecule has 4 heterocycles. The van der Waals surface area contributed by atoms with Crippen LogP contribution in [0.5, 0.6) is 0 Å². The molecule has 0 aliphatic carbocycles. The number of aromatic nitrogens is 4. The zero-order chi connectivity index (χ0) is 36.4. The van der Waals surface area contributed by atoms with Crippen molar-refractivity contribution in [1.29, 1.82) is 0 Å². The molecular formula is C48H44Mn2N4. The standard InChI is InChI=1S/2C14H12N2.4C5H5.2Mn/c2*1-9-3-5-11-7-8-12-6-4-10(2)16-14(12)13(11)15-9;4*1-2-4-5-3-1;;/h2*3-8H,1-2H3;4*1-5H;;/q;;4*-1;2*+2.